The van der Waals surface area contributed by atoms with Gasteiger partial charge < -0.3 is 9.88 Å². The van der Waals surface area contributed by atoms with Gasteiger partial charge in [-0.1, -0.05) is 60.7 Å². The van der Waals surface area contributed by atoms with Crippen LogP contribution in [-0.4, -0.2) is 27.0 Å². The molecule has 1 atom stereocenters. The van der Waals surface area contributed by atoms with Crippen molar-refractivity contribution in [3.8, 4) is 6.07 Å². The van der Waals surface area contributed by atoms with Gasteiger partial charge in [0.25, 0.3) is 0 Å². The molecule has 4 aromatic rings. The quantitative estimate of drug-likeness (QED) is 0.428. The third-order valence-electron chi connectivity index (χ3n) is 6.92. The molecule has 35 heavy (non-hydrogen) atoms. The first kappa shape index (κ1) is 23.0. The van der Waals surface area contributed by atoms with Gasteiger partial charge in [-0.15, -0.1) is 0 Å². The summed E-state index contributed by atoms with van der Waals surface area (Å²) in [6, 6.07) is 27.9. The van der Waals surface area contributed by atoms with Gasteiger partial charge in [-0.05, 0) is 53.3 Å². The van der Waals surface area contributed by atoms with Gasteiger partial charge in [0.1, 0.15) is 0 Å². The molecule has 0 spiro atoms. The van der Waals surface area contributed by atoms with Crippen LogP contribution in [0.4, 0.5) is 0 Å². The Morgan fingerprint density at radius 3 is 2.54 bits per heavy atom. The first-order valence-corrected chi connectivity index (χ1v) is 12.2. The van der Waals surface area contributed by atoms with E-state index in [0.29, 0.717) is 11.6 Å². The Hall–Kier alpha value is -3.72. The fourth-order valence-electron chi connectivity index (χ4n) is 4.91. The molecule has 3 aromatic carbocycles. The fourth-order valence-corrected chi connectivity index (χ4v) is 4.91. The monoisotopic (exact) mass is 461 g/mol. The highest BCUT2D eigenvalue weighted by molar-refractivity contribution is 5.32. The van der Waals surface area contributed by atoms with Gasteiger partial charge in [0, 0.05) is 45.0 Å². The topological polar surface area (TPSA) is 56.9 Å². The maximum Gasteiger partial charge on any atom is 0.0991 e. The predicted octanol–water partition coefficient (Wildman–Crippen LogP) is 4.83. The first-order valence-electron chi connectivity index (χ1n) is 12.2. The van der Waals surface area contributed by atoms with Crippen LogP contribution in [0.25, 0.3) is 0 Å². The molecule has 5 heteroatoms. The lowest BCUT2D eigenvalue weighted by Gasteiger charge is -2.26. The lowest BCUT2D eigenvalue weighted by molar-refractivity contribution is 0.232. The van der Waals surface area contributed by atoms with Crippen LogP contribution in [-0.2, 0) is 32.6 Å². The number of hydrogen-bond acceptors (Lipinski definition) is 4. The van der Waals surface area contributed by atoms with Gasteiger partial charge in [0.15, 0.2) is 0 Å². The second kappa shape index (κ2) is 10.7. The molecule has 2 heterocycles. The molecule has 0 saturated carbocycles. The zero-order chi connectivity index (χ0) is 24.0. The summed E-state index contributed by atoms with van der Waals surface area (Å²) in [5, 5.41) is 12.9. The Balaban J connectivity index is 1.29. The van der Waals surface area contributed by atoms with Crippen LogP contribution >= 0.6 is 0 Å². The molecular formula is C30H31N5. The summed E-state index contributed by atoms with van der Waals surface area (Å²) in [6.07, 6.45) is 4.86. The van der Waals surface area contributed by atoms with Crippen molar-refractivity contribution in [3.63, 3.8) is 0 Å². The van der Waals surface area contributed by atoms with E-state index in [2.05, 4.69) is 81.3 Å². The number of hydrogen-bond donors (Lipinski definition) is 1. The predicted molar refractivity (Wildman–Crippen MR) is 139 cm³/mol. The van der Waals surface area contributed by atoms with Crippen molar-refractivity contribution in [2.75, 3.05) is 6.54 Å². The number of imidazole rings is 1. The Labute approximate surface area is 207 Å². The number of aryl methyl sites for hydroxylation is 1. The summed E-state index contributed by atoms with van der Waals surface area (Å²) < 4.78 is 2.18. The minimum Gasteiger partial charge on any atom is -0.329 e. The van der Waals surface area contributed by atoms with Crippen molar-refractivity contribution in [3.05, 3.63) is 124 Å². The molecular weight excluding hydrogens is 430 g/mol. The van der Waals surface area contributed by atoms with Gasteiger partial charge in [-0.25, -0.2) is 4.98 Å². The lowest BCUT2D eigenvalue weighted by atomic mass is 10.0. The van der Waals surface area contributed by atoms with Crippen LogP contribution in [0.5, 0.6) is 0 Å². The van der Waals surface area contributed by atoms with Crippen molar-refractivity contribution >= 4 is 0 Å². The van der Waals surface area contributed by atoms with E-state index >= 15 is 0 Å². The summed E-state index contributed by atoms with van der Waals surface area (Å²) >= 11 is 0. The number of nitrogens with one attached hydrogen (secondary N) is 1. The minimum absolute atomic E-state index is 0.348. The SMILES string of the molecule is Cc1ccccc1CN1Cc2ccccc2C[C@H](NCc2cncn2Cc2ccc(C#N)cc2)C1. The maximum atomic E-state index is 9.04. The molecule has 0 unspecified atom stereocenters. The first-order chi connectivity index (χ1) is 17.2. The Morgan fingerprint density at radius 2 is 1.74 bits per heavy atom. The van der Waals surface area contributed by atoms with Crippen molar-refractivity contribution < 1.29 is 0 Å². The Morgan fingerprint density at radius 1 is 0.971 bits per heavy atom. The minimum atomic E-state index is 0.348. The van der Waals surface area contributed by atoms with Crippen molar-refractivity contribution in [1.29, 1.82) is 5.26 Å². The molecule has 1 aliphatic rings. The summed E-state index contributed by atoms with van der Waals surface area (Å²) in [5.41, 5.74) is 8.62. The third kappa shape index (κ3) is 5.68. The molecule has 5 nitrogen and oxygen atoms in total. The Bertz CT molecular complexity index is 1320. The van der Waals surface area contributed by atoms with E-state index in [1.54, 1.807) is 0 Å². The third-order valence-corrected chi connectivity index (χ3v) is 6.92. The van der Waals surface area contributed by atoms with Crippen molar-refractivity contribution in [1.82, 2.24) is 19.8 Å². The van der Waals surface area contributed by atoms with Gasteiger partial charge >= 0.3 is 0 Å². The van der Waals surface area contributed by atoms with Crippen molar-refractivity contribution in [2.24, 2.45) is 0 Å². The number of aromatic nitrogens is 2. The number of rotatable bonds is 7. The molecule has 1 N–H and O–H groups in total. The van der Waals surface area contributed by atoms with Gasteiger partial charge in [-0.2, -0.15) is 5.26 Å². The smallest absolute Gasteiger partial charge is 0.0991 e. The molecule has 1 aromatic heterocycles. The highest BCUT2D eigenvalue weighted by atomic mass is 15.2. The molecule has 1 aliphatic heterocycles. The van der Waals surface area contributed by atoms with E-state index in [1.165, 1.54) is 22.3 Å². The van der Waals surface area contributed by atoms with E-state index in [0.717, 1.165) is 50.4 Å². The fraction of sp³-hybridized carbons (Fsp3) is 0.267. The molecule has 0 bridgehead atoms. The highest BCUT2D eigenvalue weighted by Crippen LogP contribution is 2.22. The normalized spacial score (nSPS) is 15.8. The molecule has 176 valence electrons. The molecule has 0 saturated heterocycles. The van der Waals surface area contributed by atoms with Crippen molar-refractivity contribution in [2.45, 2.75) is 45.6 Å². The summed E-state index contributed by atoms with van der Waals surface area (Å²) in [4.78, 5) is 6.98. The van der Waals surface area contributed by atoms with Gasteiger partial charge in [0.05, 0.1) is 23.7 Å². The molecule has 0 amide bonds. The largest absolute Gasteiger partial charge is 0.329 e. The van der Waals surface area contributed by atoms with Gasteiger partial charge in [-0.3, -0.25) is 4.90 Å². The Kier molecular flexibility index (Phi) is 7.04. The molecule has 5 rings (SSSR count). The number of nitrogens with zero attached hydrogens (tertiary/aromatic N) is 4. The van der Waals surface area contributed by atoms with E-state index in [-0.39, 0.29) is 0 Å². The van der Waals surface area contributed by atoms with Crippen LogP contribution in [0.1, 0.15) is 39.1 Å². The van der Waals surface area contributed by atoms with E-state index < -0.39 is 0 Å². The number of benzene rings is 3. The molecule has 0 aliphatic carbocycles. The zero-order valence-corrected chi connectivity index (χ0v) is 20.2. The van der Waals surface area contributed by atoms with Crippen LogP contribution in [0.3, 0.4) is 0 Å². The number of nitriles is 1. The molecule has 0 radical (unpaired) electrons. The van der Waals surface area contributed by atoms with Gasteiger partial charge in [0.2, 0.25) is 0 Å². The second-order valence-corrected chi connectivity index (χ2v) is 9.47. The van der Waals surface area contributed by atoms with E-state index in [4.69, 9.17) is 5.26 Å². The summed E-state index contributed by atoms with van der Waals surface area (Å²) in [6.45, 7) is 6.63. The highest BCUT2D eigenvalue weighted by Gasteiger charge is 2.22. The van der Waals surface area contributed by atoms with Crippen LogP contribution in [0.15, 0.2) is 85.3 Å². The average molecular weight is 462 g/mol. The van der Waals surface area contributed by atoms with E-state index in [1.807, 2.05) is 36.8 Å². The van der Waals surface area contributed by atoms with Crippen LogP contribution in [0, 0.1) is 18.3 Å². The van der Waals surface area contributed by atoms with Crippen LogP contribution in [0.2, 0.25) is 0 Å². The second-order valence-electron chi connectivity index (χ2n) is 9.47. The maximum absolute atomic E-state index is 9.04. The summed E-state index contributed by atoms with van der Waals surface area (Å²) in [5.74, 6) is 0. The lowest BCUT2D eigenvalue weighted by Crippen LogP contribution is -2.40. The van der Waals surface area contributed by atoms with E-state index in [9.17, 15) is 0 Å². The standard InChI is InChI=1S/C30H31N5/c1-23-6-2-3-8-27(23)19-34-20-28-9-5-4-7-26(28)14-29(21-34)33-17-30-16-32-22-35(30)18-25-12-10-24(15-31)11-13-25/h2-13,16,22,29,33H,14,17-21H2,1H3/t29-/m0/s1. The number of fused-ring (bicyclic) bond motifs is 1. The average Bonchev–Trinajstić information content (AvgIpc) is 3.23. The summed E-state index contributed by atoms with van der Waals surface area (Å²) in [7, 11) is 0. The zero-order valence-electron chi connectivity index (χ0n) is 20.2. The molecule has 0 fully saturated rings. The van der Waals surface area contributed by atoms with Crippen LogP contribution < -0.4 is 5.32 Å².